The summed E-state index contributed by atoms with van der Waals surface area (Å²) >= 11 is 0. The van der Waals surface area contributed by atoms with Gasteiger partial charge in [-0.05, 0) is 37.0 Å². The zero-order chi connectivity index (χ0) is 17.4. The van der Waals surface area contributed by atoms with Crippen molar-refractivity contribution in [2.75, 3.05) is 5.32 Å². The molecule has 4 rings (SSSR count). The van der Waals surface area contributed by atoms with Gasteiger partial charge in [-0.3, -0.25) is 9.67 Å². The quantitative estimate of drug-likeness (QED) is 0.787. The molecule has 0 fully saturated rings. The highest BCUT2D eigenvalue weighted by molar-refractivity contribution is 5.71. The van der Waals surface area contributed by atoms with Crippen molar-refractivity contribution in [1.82, 2.24) is 24.7 Å². The van der Waals surface area contributed by atoms with Crippen molar-refractivity contribution in [2.24, 2.45) is 0 Å². The predicted octanol–water partition coefficient (Wildman–Crippen LogP) is 3.27. The maximum absolute atomic E-state index is 12.6. The topological polar surface area (TPSA) is 68.5 Å². The summed E-state index contributed by atoms with van der Waals surface area (Å²) in [7, 11) is 0. The van der Waals surface area contributed by atoms with Crippen LogP contribution in [0.2, 0.25) is 0 Å². The van der Waals surface area contributed by atoms with Gasteiger partial charge in [-0.2, -0.15) is 18.3 Å². The number of halogens is 3. The lowest BCUT2D eigenvalue weighted by Crippen LogP contribution is -2.20. The van der Waals surface area contributed by atoms with E-state index >= 15 is 0 Å². The molecule has 0 saturated carbocycles. The molecule has 0 aromatic carbocycles. The average Bonchev–Trinajstić information content (AvgIpc) is 2.96. The Morgan fingerprint density at radius 2 is 2.04 bits per heavy atom. The largest absolute Gasteiger partial charge is 0.408 e. The van der Waals surface area contributed by atoms with Crippen molar-refractivity contribution in [3.8, 4) is 0 Å². The fourth-order valence-electron chi connectivity index (χ4n) is 3.12. The predicted molar refractivity (Wildman–Crippen MR) is 84.9 cm³/mol. The summed E-state index contributed by atoms with van der Waals surface area (Å²) in [6, 6.07) is 3.43. The maximum atomic E-state index is 12.6. The minimum atomic E-state index is -4.28. The molecule has 1 aliphatic carbocycles. The van der Waals surface area contributed by atoms with Crippen LogP contribution in [0.25, 0.3) is 11.2 Å². The molecule has 0 bridgehead atoms. The lowest BCUT2D eigenvalue weighted by Gasteiger charge is -2.22. The van der Waals surface area contributed by atoms with E-state index in [2.05, 4.69) is 25.4 Å². The van der Waals surface area contributed by atoms with Crippen LogP contribution < -0.4 is 5.32 Å². The number of fused-ring (bicyclic) bond motifs is 2. The summed E-state index contributed by atoms with van der Waals surface area (Å²) in [5.41, 5.74) is 2.73. The minimum Gasteiger partial charge on any atom is -0.362 e. The molecular formula is C16H15F3N6. The van der Waals surface area contributed by atoms with Crippen LogP contribution in [0.4, 0.5) is 19.0 Å². The Morgan fingerprint density at radius 3 is 2.88 bits per heavy atom. The summed E-state index contributed by atoms with van der Waals surface area (Å²) in [6.07, 6.45) is 2.79. The van der Waals surface area contributed by atoms with Gasteiger partial charge in [-0.15, -0.1) is 0 Å². The minimum absolute atomic E-state index is 0.167. The second-order valence-electron chi connectivity index (χ2n) is 6.04. The maximum Gasteiger partial charge on any atom is 0.408 e. The van der Waals surface area contributed by atoms with Gasteiger partial charge in [0, 0.05) is 18.6 Å². The van der Waals surface area contributed by atoms with E-state index in [1.165, 1.54) is 6.20 Å². The van der Waals surface area contributed by atoms with Gasteiger partial charge in [-0.1, -0.05) is 0 Å². The zero-order valence-electron chi connectivity index (χ0n) is 13.2. The van der Waals surface area contributed by atoms with Crippen LogP contribution in [0.5, 0.6) is 0 Å². The summed E-state index contributed by atoms with van der Waals surface area (Å²) < 4.78 is 38.8. The van der Waals surface area contributed by atoms with Crippen molar-refractivity contribution in [3.63, 3.8) is 0 Å². The fraction of sp³-hybridized carbons (Fsp3) is 0.375. The third-order valence-electron chi connectivity index (χ3n) is 4.13. The molecule has 3 heterocycles. The molecule has 3 aromatic rings. The van der Waals surface area contributed by atoms with Gasteiger partial charge >= 0.3 is 6.18 Å². The molecular weight excluding hydrogens is 333 g/mol. The molecule has 0 aliphatic heterocycles. The van der Waals surface area contributed by atoms with Gasteiger partial charge in [0.2, 0.25) is 0 Å². The Kier molecular flexibility index (Phi) is 3.78. The van der Waals surface area contributed by atoms with Crippen molar-refractivity contribution in [1.29, 1.82) is 0 Å². The summed E-state index contributed by atoms with van der Waals surface area (Å²) in [5, 5.41) is 7.42. The van der Waals surface area contributed by atoms with Crippen LogP contribution in [0, 0.1) is 0 Å². The van der Waals surface area contributed by atoms with Crippen LogP contribution in [-0.2, 0) is 13.0 Å². The first kappa shape index (κ1) is 15.8. The van der Waals surface area contributed by atoms with Gasteiger partial charge in [0.25, 0.3) is 0 Å². The third-order valence-corrected chi connectivity index (χ3v) is 4.13. The average molecular weight is 348 g/mol. The van der Waals surface area contributed by atoms with E-state index in [0.29, 0.717) is 22.7 Å². The smallest absolute Gasteiger partial charge is 0.362 e. The van der Waals surface area contributed by atoms with Crippen molar-refractivity contribution < 1.29 is 13.2 Å². The van der Waals surface area contributed by atoms with Crippen molar-refractivity contribution in [3.05, 3.63) is 42.0 Å². The van der Waals surface area contributed by atoms with Crippen molar-refractivity contribution >= 4 is 17.0 Å². The molecule has 1 N–H and O–H groups in total. The number of aryl methyl sites for hydroxylation is 1. The van der Waals surface area contributed by atoms with Crippen LogP contribution in [0.3, 0.4) is 0 Å². The van der Waals surface area contributed by atoms with Crippen LogP contribution in [-0.4, -0.2) is 30.9 Å². The highest BCUT2D eigenvalue weighted by Gasteiger charge is 2.31. The highest BCUT2D eigenvalue weighted by atomic mass is 19.4. The lowest BCUT2D eigenvalue weighted by atomic mass is 9.94. The number of alkyl halides is 3. The Morgan fingerprint density at radius 1 is 1.20 bits per heavy atom. The number of nitrogens with one attached hydrogen (secondary N) is 1. The summed E-state index contributed by atoms with van der Waals surface area (Å²) in [6.45, 7) is -1.07. The third kappa shape index (κ3) is 3.40. The number of anilines is 1. The number of rotatable bonds is 3. The second kappa shape index (κ2) is 5.98. The standard InChI is InChI=1S/C16H15F3N6/c17-16(18,19)9-25-8-10-2-1-3-11(14(10)24-25)22-13-5-4-12-15(23-13)21-7-6-20-12/h4-8,11H,1-3,9H2,(H,21,22,23)/t11-/m0/s1. The van der Waals surface area contributed by atoms with Gasteiger partial charge in [-0.25, -0.2) is 9.97 Å². The van der Waals surface area contributed by atoms with E-state index in [-0.39, 0.29) is 6.04 Å². The lowest BCUT2D eigenvalue weighted by molar-refractivity contribution is -0.142. The Hall–Kier alpha value is -2.71. The Bertz CT molecular complexity index is 904. The number of nitrogens with zero attached hydrogens (tertiary/aromatic N) is 5. The molecule has 0 unspecified atom stereocenters. The molecule has 130 valence electrons. The fourth-order valence-corrected chi connectivity index (χ4v) is 3.12. The van der Waals surface area contributed by atoms with E-state index in [4.69, 9.17) is 0 Å². The molecule has 0 amide bonds. The number of pyridine rings is 1. The van der Waals surface area contributed by atoms with Gasteiger partial charge in [0.05, 0.1) is 11.7 Å². The Labute approximate surface area is 141 Å². The summed E-state index contributed by atoms with van der Waals surface area (Å²) in [4.78, 5) is 12.7. The first-order valence-corrected chi connectivity index (χ1v) is 7.95. The van der Waals surface area contributed by atoms with Crippen LogP contribution >= 0.6 is 0 Å². The zero-order valence-corrected chi connectivity index (χ0v) is 13.2. The summed E-state index contributed by atoms with van der Waals surface area (Å²) in [5.74, 6) is 0.608. The second-order valence-corrected chi connectivity index (χ2v) is 6.04. The van der Waals surface area contributed by atoms with E-state index in [1.807, 2.05) is 6.07 Å². The molecule has 6 nitrogen and oxygen atoms in total. The SMILES string of the molecule is FC(F)(F)Cn1cc2c(n1)[C@@H](Nc1ccc3nccnc3n1)CCC2. The molecule has 0 radical (unpaired) electrons. The van der Waals surface area contributed by atoms with E-state index in [0.717, 1.165) is 29.5 Å². The number of hydrogen-bond acceptors (Lipinski definition) is 5. The van der Waals surface area contributed by atoms with E-state index in [1.54, 1.807) is 18.5 Å². The highest BCUT2D eigenvalue weighted by Crippen LogP contribution is 2.32. The first-order chi connectivity index (χ1) is 12.0. The van der Waals surface area contributed by atoms with Crippen LogP contribution in [0.1, 0.15) is 30.1 Å². The molecule has 25 heavy (non-hydrogen) atoms. The molecule has 0 spiro atoms. The number of hydrogen-bond donors (Lipinski definition) is 1. The Balaban J connectivity index is 1.59. The number of aromatic nitrogens is 5. The molecule has 9 heteroatoms. The van der Waals surface area contributed by atoms with Gasteiger partial charge in [0.15, 0.2) is 5.65 Å². The van der Waals surface area contributed by atoms with Crippen molar-refractivity contribution in [2.45, 2.75) is 38.0 Å². The first-order valence-electron chi connectivity index (χ1n) is 7.95. The van der Waals surface area contributed by atoms with E-state index in [9.17, 15) is 13.2 Å². The molecule has 1 aliphatic rings. The molecule has 1 atom stereocenters. The van der Waals surface area contributed by atoms with Gasteiger partial charge < -0.3 is 5.32 Å². The monoisotopic (exact) mass is 348 g/mol. The molecule has 3 aromatic heterocycles. The van der Waals surface area contributed by atoms with Gasteiger partial charge in [0.1, 0.15) is 17.9 Å². The van der Waals surface area contributed by atoms with Crippen LogP contribution in [0.15, 0.2) is 30.7 Å². The van der Waals surface area contributed by atoms with E-state index < -0.39 is 12.7 Å². The normalized spacial score (nSPS) is 17.5. The molecule has 0 saturated heterocycles.